The van der Waals surface area contributed by atoms with Crippen LogP contribution in [0.25, 0.3) is 0 Å². The second kappa shape index (κ2) is 5.63. The van der Waals surface area contributed by atoms with Crippen LogP contribution in [-0.2, 0) is 5.75 Å². The van der Waals surface area contributed by atoms with Crippen LogP contribution in [0.3, 0.4) is 0 Å². The summed E-state index contributed by atoms with van der Waals surface area (Å²) < 4.78 is 0. The molecule has 1 aromatic carbocycles. The molecule has 1 N–H and O–H groups in total. The van der Waals surface area contributed by atoms with Crippen LogP contribution >= 0.6 is 35.0 Å². The van der Waals surface area contributed by atoms with Crippen molar-refractivity contribution in [1.29, 1.82) is 0 Å². The van der Waals surface area contributed by atoms with E-state index in [1.165, 1.54) is 11.1 Å². The smallest absolute Gasteiger partial charge is 0.0636 e. The molecule has 16 heavy (non-hydrogen) atoms. The highest BCUT2D eigenvalue weighted by Crippen LogP contribution is 2.38. The van der Waals surface area contributed by atoms with E-state index in [-0.39, 0.29) is 0 Å². The third-order valence-electron chi connectivity index (χ3n) is 2.78. The van der Waals surface area contributed by atoms with E-state index in [2.05, 4.69) is 18.3 Å². The number of halogens is 2. The van der Waals surface area contributed by atoms with Gasteiger partial charge in [0.15, 0.2) is 0 Å². The van der Waals surface area contributed by atoms with Crippen molar-refractivity contribution < 1.29 is 0 Å². The lowest BCUT2D eigenvalue weighted by Crippen LogP contribution is -2.27. The number of fused-ring (bicyclic) bond motifs is 1. The molecule has 0 aromatic heterocycles. The van der Waals surface area contributed by atoms with E-state index in [0.29, 0.717) is 11.1 Å². The minimum Gasteiger partial charge on any atom is -0.309 e. The molecule has 1 nitrogen and oxygen atoms in total. The fraction of sp³-hybridized carbons (Fsp3) is 0.500. The number of rotatable bonds is 3. The molecule has 1 aromatic rings. The minimum atomic E-state index is 0.420. The van der Waals surface area contributed by atoms with Gasteiger partial charge in [0.25, 0.3) is 0 Å². The number of benzene rings is 1. The van der Waals surface area contributed by atoms with E-state index in [9.17, 15) is 0 Å². The van der Waals surface area contributed by atoms with Crippen LogP contribution < -0.4 is 5.32 Å². The molecular formula is C12H15Cl2NS. The largest absolute Gasteiger partial charge is 0.309 e. The molecule has 0 bridgehead atoms. The molecule has 1 heterocycles. The fourth-order valence-electron chi connectivity index (χ4n) is 1.94. The maximum atomic E-state index is 6.24. The molecular weight excluding hydrogens is 261 g/mol. The van der Waals surface area contributed by atoms with E-state index in [1.807, 2.05) is 17.8 Å². The van der Waals surface area contributed by atoms with Crippen molar-refractivity contribution >= 4 is 35.0 Å². The van der Waals surface area contributed by atoms with Crippen molar-refractivity contribution in [1.82, 2.24) is 5.32 Å². The van der Waals surface area contributed by atoms with Crippen molar-refractivity contribution in [2.24, 2.45) is 0 Å². The zero-order valence-electron chi connectivity index (χ0n) is 9.22. The van der Waals surface area contributed by atoms with E-state index in [4.69, 9.17) is 23.2 Å². The molecule has 0 aliphatic carbocycles. The summed E-state index contributed by atoms with van der Waals surface area (Å²) in [6.45, 7) is 3.23. The Hall–Kier alpha value is 0.110. The molecule has 0 amide bonds. The zero-order valence-corrected chi connectivity index (χ0v) is 11.6. The normalized spacial score (nSPS) is 19.6. The maximum absolute atomic E-state index is 6.24. The van der Waals surface area contributed by atoms with Crippen LogP contribution in [0.4, 0.5) is 0 Å². The Kier molecular flexibility index (Phi) is 4.42. The number of thioether (sulfide) groups is 1. The lowest BCUT2D eigenvalue weighted by molar-refractivity contribution is 0.571. The van der Waals surface area contributed by atoms with Crippen LogP contribution in [0.15, 0.2) is 12.1 Å². The third kappa shape index (κ3) is 2.51. The van der Waals surface area contributed by atoms with Crippen molar-refractivity contribution in [2.45, 2.75) is 25.1 Å². The molecule has 0 saturated carbocycles. The summed E-state index contributed by atoms with van der Waals surface area (Å²) in [4.78, 5) is 0. The SMILES string of the molecule is CCCNC1CSCc2c1ccc(Cl)c2Cl. The number of hydrogen-bond acceptors (Lipinski definition) is 2. The standard InChI is InChI=1S/C12H15Cl2NS/c1-2-5-15-11-7-16-6-9-8(11)3-4-10(13)12(9)14/h3-4,11,15H,2,5-7H2,1H3. The van der Waals surface area contributed by atoms with Crippen LogP contribution in [0.5, 0.6) is 0 Å². The predicted octanol–water partition coefficient (Wildman–Crippen LogP) is 4.28. The van der Waals surface area contributed by atoms with Crippen molar-refractivity contribution in [2.75, 3.05) is 12.3 Å². The molecule has 0 radical (unpaired) electrons. The molecule has 4 heteroatoms. The van der Waals surface area contributed by atoms with Gasteiger partial charge < -0.3 is 5.32 Å². The lowest BCUT2D eigenvalue weighted by atomic mass is 10.0. The Labute approximate surface area is 111 Å². The quantitative estimate of drug-likeness (QED) is 0.884. The van der Waals surface area contributed by atoms with Crippen LogP contribution in [0, 0.1) is 0 Å². The summed E-state index contributed by atoms with van der Waals surface area (Å²) in [6, 6.07) is 4.43. The average molecular weight is 276 g/mol. The summed E-state index contributed by atoms with van der Waals surface area (Å²) in [5.74, 6) is 2.09. The molecule has 1 aliphatic heterocycles. The maximum Gasteiger partial charge on any atom is 0.0636 e. The second-order valence-corrected chi connectivity index (χ2v) is 5.77. The van der Waals surface area contributed by atoms with Crippen molar-refractivity contribution in [3.05, 3.63) is 33.3 Å². The molecule has 2 rings (SSSR count). The highest BCUT2D eigenvalue weighted by atomic mass is 35.5. The van der Waals surface area contributed by atoms with Crippen LogP contribution in [0.2, 0.25) is 10.0 Å². The highest BCUT2D eigenvalue weighted by Gasteiger charge is 2.22. The van der Waals surface area contributed by atoms with E-state index in [0.717, 1.165) is 29.5 Å². The Balaban J connectivity index is 2.28. The average Bonchev–Trinajstić information content (AvgIpc) is 2.31. The topological polar surface area (TPSA) is 12.0 Å². The Morgan fingerprint density at radius 1 is 1.44 bits per heavy atom. The van der Waals surface area contributed by atoms with Gasteiger partial charge in [-0.05, 0) is 30.2 Å². The van der Waals surface area contributed by atoms with Gasteiger partial charge >= 0.3 is 0 Å². The Bertz CT molecular complexity index is 382. The van der Waals surface area contributed by atoms with Gasteiger partial charge in [0.1, 0.15) is 0 Å². The van der Waals surface area contributed by atoms with Gasteiger partial charge in [0.2, 0.25) is 0 Å². The van der Waals surface area contributed by atoms with Gasteiger partial charge in [0, 0.05) is 17.5 Å². The third-order valence-corrected chi connectivity index (χ3v) is 4.68. The first-order valence-corrected chi connectivity index (χ1v) is 7.43. The van der Waals surface area contributed by atoms with Gasteiger partial charge in [-0.15, -0.1) is 0 Å². The minimum absolute atomic E-state index is 0.420. The molecule has 88 valence electrons. The van der Waals surface area contributed by atoms with Crippen LogP contribution in [-0.4, -0.2) is 12.3 Å². The second-order valence-electron chi connectivity index (χ2n) is 3.95. The first-order chi connectivity index (χ1) is 7.74. The summed E-state index contributed by atoms with van der Waals surface area (Å²) in [6.07, 6.45) is 1.15. The molecule has 1 unspecified atom stereocenters. The summed E-state index contributed by atoms with van der Waals surface area (Å²) in [7, 11) is 0. The molecule has 0 spiro atoms. The summed E-state index contributed by atoms with van der Waals surface area (Å²) in [5.41, 5.74) is 2.53. The van der Waals surface area contributed by atoms with Gasteiger partial charge in [-0.3, -0.25) is 0 Å². The van der Waals surface area contributed by atoms with E-state index in [1.54, 1.807) is 0 Å². The predicted molar refractivity (Wildman–Crippen MR) is 73.7 cm³/mol. The first kappa shape index (κ1) is 12.6. The Morgan fingerprint density at radius 3 is 3.00 bits per heavy atom. The molecule has 1 aliphatic rings. The molecule has 1 atom stereocenters. The summed E-state index contributed by atoms with van der Waals surface area (Å²) >= 11 is 14.2. The zero-order chi connectivity index (χ0) is 11.5. The van der Waals surface area contributed by atoms with Crippen LogP contribution in [0.1, 0.15) is 30.5 Å². The highest BCUT2D eigenvalue weighted by molar-refractivity contribution is 7.98. The van der Waals surface area contributed by atoms with E-state index >= 15 is 0 Å². The van der Waals surface area contributed by atoms with Gasteiger partial charge in [-0.1, -0.05) is 36.2 Å². The van der Waals surface area contributed by atoms with E-state index < -0.39 is 0 Å². The Morgan fingerprint density at radius 2 is 2.25 bits per heavy atom. The summed E-state index contributed by atoms with van der Waals surface area (Å²) in [5, 5.41) is 4.95. The van der Waals surface area contributed by atoms with Gasteiger partial charge in [-0.2, -0.15) is 11.8 Å². The van der Waals surface area contributed by atoms with Crippen molar-refractivity contribution in [3.63, 3.8) is 0 Å². The van der Waals surface area contributed by atoms with Gasteiger partial charge in [0.05, 0.1) is 10.0 Å². The number of nitrogens with one attached hydrogen (secondary N) is 1. The number of hydrogen-bond donors (Lipinski definition) is 1. The lowest BCUT2D eigenvalue weighted by Gasteiger charge is -2.27. The van der Waals surface area contributed by atoms with Crippen molar-refractivity contribution in [3.8, 4) is 0 Å². The molecule has 0 fully saturated rings. The monoisotopic (exact) mass is 275 g/mol. The van der Waals surface area contributed by atoms with Gasteiger partial charge in [-0.25, -0.2) is 0 Å². The first-order valence-electron chi connectivity index (χ1n) is 5.52. The molecule has 0 saturated heterocycles. The fourth-order valence-corrected chi connectivity index (χ4v) is 3.60.